The Kier molecular flexibility index (Phi) is 2.89. The van der Waals surface area contributed by atoms with Gasteiger partial charge in [0, 0.05) is 15.0 Å². The highest BCUT2D eigenvalue weighted by Crippen LogP contribution is 2.43. The van der Waals surface area contributed by atoms with Crippen molar-refractivity contribution in [2.24, 2.45) is 0 Å². The largest absolute Gasteiger partial charge is 0.489 e. The lowest BCUT2D eigenvalue weighted by atomic mass is 9.79. The zero-order valence-corrected chi connectivity index (χ0v) is 9.72. The van der Waals surface area contributed by atoms with Gasteiger partial charge >= 0.3 is 7.12 Å². The van der Waals surface area contributed by atoms with Gasteiger partial charge in [0.25, 0.3) is 0 Å². The Morgan fingerprint density at radius 2 is 2.00 bits per heavy atom. The molecule has 0 unspecified atom stereocenters. The van der Waals surface area contributed by atoms with Crippen LogP contribution in [-0.2, 0) is 0 Å². The van der Waals surface area contributed by atoms with Gasteiger partial charge in [0.1, 0.15) is 0 Å². The van der Waals surface area contributed by atoms with Gasteiger partial charge in [0.15, 0.2) is 0 Å². The third kappa shape index (κ3) is 1.98. The molecule has 0 heterocycles. The molecule has 1 saturated carbocycles. The molecule has 0 saturated heterocycles. The summed E-state index contributed by atoms with van der Waals surface area (Å²) in [6.45, 7) is 0. The fourth-order valence-electron chi connectivity index (χ4n) is 1.49. The van der Waals surface area contributed by atoms with Crippen LogP contribution in [0.2, 0.25) is 5.02 Å². The molecule has 74 valence electrons. The van der Waals surface area contributed by atoms with E-state index >= 15 is 0 Å². The summed E-state index contributed by atoms with van der Waals surface area (Å²) in [7, 11) is -1.49. The lowest BCUT2D eigenvalue weighted by molar-refractivity contribution is 0.426. The van der Waals surface area contributed by atoms with Crippen molar-refractivity contribution in [2.75, 3.05) is 0 Å². The first-order valence-corrected chi connectivity index (χ1v) is 5.61. The molecule has 14 heavy (non-hydrogen) atoms. The lowest BCUT2D eigenvalue weighted by Gasteiger charge is -2.08. The smallest absolute Gasteiger partial charge is 0.423 e. The summed E-state index contributed by atoms with van der Waals surface area (Å²) < 4.78 is 0.953. The number of benzene rings is 1. The van der Waals surface area contributed by atoms with Crippen LogP contribution in [0.4, 0.5) is 0 Å². The Balaban J connectivity index is 2.45. The summed E-state index contributed by atoms with van der Waals surface area (Å²) in [5.41, 5.74) is 1.51. The number of rotatable bonds is 2. The van der Waals surface area contributed by atoms with Crippen LogP contribution in [0.3, 0.4) is 0 Å². The Labute approximate surface area is 96.2 Å². The average molecular weight is 275 g/mol. The molecule has 2 nitrogen and oxygen atoms in total. The van der Waals surface area contributed by atoms with E-state index in [0.29, 0.717) is 16.4 Å². The number of hydrogen-bond acceptors (Lipinski definition) is 2. The van der Waals surface area contributed by atoms with Gasteiger partial charge in [-0.25, -0.2) is 0 Å². The van der Waals surface area contributed by atoms with E-state index in [9.17, 15) is 0 Å². The van der Waals surface area contributed by atoms with Crippen molar-refractivity contribution in [1.29, 1.82) is 0 Å². The highest BCUT2D eigenvalue weighted by Gasteiger charge is 2.28. The van der Waals surface area contributed by atoms with Gasteiger partial charge in [-0.1, -0.05) is 33.6 Å². The van der Waals surface area contributed by atoms with Crippen LogP contribution in [0.15, 0.2) is 16.6 Å². The lowest BCUT2D eigenvalue weighted by Crippen LogP contribution is -2.31. The molecule has 1 fully saturated rings. The standard InChI is InChI=1S/C9H9BBrClO2/c11-8-4-9(12)7(10(13)14)3-6(8)5-1-2-5/h3-5,13-14H,1-2H2. The molecule has 1 aliphatic carbocycles. The molecule has 0 radical (unpaired) electrons. The molecule has 5 heteroatoms. The van der Waals surface area contributed by atoms with E-state index in [-0.39, 0.29) is 0 Å². The first-order valence-electron chi connectivity index (χ1n) is 4.44. The van der Waals surface area contributed by atoms with Gasteiger partial charge in [-0.3, -0.25) is 0 Å². The van der Waals surface area contributed by atoms with E-state index in [2.05, 4.69) is 15.9 Å². The van der Waals surface area contributed by atoms with Crippen LogP contribution >= 0.6 is 27.5 Å². The summed E-state index contributed by atoms with van der Waals surface area (Å²) in [6, 6.07) is 3.50. The first kappa shape index (κ1) is 10.5. The molecule has 1 aromatic carbocycles. The van der Waals surface area contributed by atoms with Crippen LogP contribution in [0.25, 0.3) is 0 Å². The van der Waals surface area contributed by atoms with Gasteiger partial charge in [-0.05, 0) is 30.4 Å². The third-order valence-electron chi connectivity index (χ3n) is 2.41. The molecule has 0 aliphatic heterocycles. The van der Waals surface area contributed by atoms with Gasteiger partial charge in [-0.2, -0.15) is 0 Å². The van der Waals surface area contributed by atoms with Crippen LogP contribution < -0.4 is 5.46 Å². The zero-order valence-electron chi connectivity index (χ0n) is 7.37. The minimum absolute atomic E-state index is 0.385. The van der Waals surface area contributed by atoms with Crippen molar-refractivity contribution in [3.63, 3.8) is 0 Å². The summed E-state index contributed by atoms with van der Waals surface area (Å²) in [4.78, 5) is 0. The molecule has 0 bridgehead atoms. The van der Waals surface area contributed by atoms with E-state index in [4.69, 9.17) is 21.6 Å². The second-order valence-corrected chi connectivity index (χ2v) is 4.80. The SMILES string of the molecule is OB(O)c1cc(C2CC2)c(Br)cc1Cl. The number of hydrogen-bond donors (Lipinski definition) is 2. The fraction of sp³-hybridized carbons (Fsp3) is 0.333. The quantitative estimate of drug-likeness (QED) is 0.806. The monoisotopic (exact) mass is 274 g/mol. The molecule has 0 amide bonds. The van der Waals surface area contributed by atoms with Crippen LogP contribution in [0.5, 0.6) is 0 Å². The Bertz CT molecular complexity index is 343. The maximum absolute atomic E-state index is 9.08. The molecule has 2 N–H and O–H groups in total. The summed E-state index contributed by atoms with van der Waals surface area (Å²) >= 11 is 9.29. The average Bonchev–Trinajstić information content (AvgIpc) is 2.86. The minimum atomic E-state index is -1.49. The van der Waals surface area contributed by atoms with Crippen molar-refractivity contribution < 1.29 is 10.0 Å². The van der Waals surface area contributed by atoms with E-state index in [0.717, 1.165) is 10.0 Å². The summed E-state index contributed by atoms with van der Waals surface area (Å²) in [5.74, 6) is 0.555. The van der Waals surface area contributed by atoms with E-state index in [1.807, 2.05) is 0 Å². The van der Waals surface area contributed by atoms with Gasteiger partial charge in [-0.15, -0.1) is 0 Å². The zero-order chi connectivity index (χ0) is 10.3. The van der Waals surface area contributed by atoms with Gasteiger partial charge in [0.05, 0.1) is 0 Å². The highest BCUT2D eigenvalue weighted by molar-refractivity contribution is 9.10. The molecule has 0 aromatic heterocycles. The maximum Gasteiger partial charge on any atom is 0.489 e. The molecule has 2 rings (SSSR count). The van der Waals surface area contributed by atoms with E-state index < -0.39 is 7.12 Å². The number of halogens is 2. The van der Waals surface area contributed by atoms with Crippen molar-refractivity contribution in [1.82, 2.24) is 0 Å². The summed E-state index contributed by atoms with van der Waals surface area (Å²) in [5, 5.41) is 18.5. The second-order valence-electron chi connectivity index (χ2n) is 3.54. The minimum Gasteiger partial charge on any atom is -0.423 e. The van der Waals surface area contributed by atoms with Crippen LogP contribution in [0, 0.1) is 0 Å². The second kappa shape index (κ2) is 3.85. The normalized spacial score (nSPS) is 15.7. The molecule has 1 aromatic rings. The molecule has 0 spiro atoms. The Morgan fingerprint density at radius 1 is 1.36 bits per heavy atom. The fourth-order valence-corrected chi connectivity index (χ4v) is 2.55. The molecule has 1 aliphatic rings. The van der Waals surface area contributed by atoms with Crippen molar-refractivity contribution in [2.45, 2.75) is 18.8 Å². The van der Waals surface area contributed by atoms with Gasteiger partial charge < -0.3 is 10.0 Å². The van der Waals surface area contributed by atoms with E-state index in [1.165, 1.54) is 12.8 Å². The third-order valence-corrected chi connectivity index (χ3v) is 3.43. The van der Waals surface area contributed by atoms with Crippen LogP contribution in [-0.4, -0.2) is 17.2 Å². The molecular formula is C9H9BBrClO2. The van der Waals surface area contributed by atoms with E-state index in [1.54, 1.807) is 12.1 Å². The molecular weight excluding hydrogens is 266 g/mol. The van der Waals surface area contributed by atoms with Crippen molar-refractivity contribution >= 4 is 40.1 Å². The Hall–Kier alpha value is -0.0251. The topological polar surface area (TPSA) is 40.5 Å². The molecule has 0 atom stereocenters. The predicted molar refractivity (Wildman–Crippen MR) is 61.0 cm³/mol. The predicted octanol–water partition coefficient (Wildman–Crippen LogP) is 1.66. The maximum atomic E-state index is 9.08. The van der Waals surface area contributed by atoms with Crippen LogP contribution in [0.1, 0.15) is 24.3 Å². The first-order chi connectivity index (χ1) is 6.59. The van der Waals surface area contributed by atoms with Crippen molar-refractivity contribution in [3.05, 3.63) is 27.2 Å². The highest BCUT2D eigenvalue weighted by atomic mass is 79.9. The Morgan fingerprint density at radius 3 is 2.50 bits per heavy atom. The van der Waals surface area contributed by atoms with Gasteiger partial charge in [0.2, 0.25) is 0 Å². The summed E-state index contributed by atoms with van der Waals surface area (Å²) in [6.07, 6.45) is 2.34. The van der Waals surface area contributed by atoms with Crippen molar-refractivity contribution in [3.8, 4) is 0 Å².